The predicted octanol–water partition coefficient (Wildman–Crippen LogP) is 0.169. The summed E-state index contributed by atoms with van der Waals surface area (Å²) < 4.78 is 0. The second-order valence-corrected chi connectivity index (χ2v) is 3.19. The van der Waals surface area contributed by atoms with Gasteiger partial charge in [-0.3, -0.25) is 10.0 Å². The van der Waals surface area contributed by atoms with Gasteiger partial charge in [0.15, 0.2) is 0 Å². The lowest BCUT2D eigenvalue weighted by molar-refractivity contribution is -0.122. The number of nitrogens with one attached hydrogen (secondary N) is 1. The Hall–Kier alpha value is -2.12. The highest BCUT2D eigenvalue weighted by Crippen LogP contribution is 2.14. The third kappa shape index (κ3) is 3.74. The first-order chi connectivity index (χ1) is 8.04. The molecule has 0 saturated carbocycles. The van der Waals surface area contributed by atoms with Crippen molar-refractivity contribution in [3.8, 4) is 0 Å². The van der Waals surface area contributed by atoms with Crippen molar-refractivity contribution in [2.45, 2.75) is 6.61 Å². The molecule has 0 saturated heterocycles. The van der Waals surface area contributed by atoms with Crippen molar-refractivity contribution in [3.63, 3.8) is 0 Å². The number of aliphatic hydroxyl groups excluding tert-OH is 1. The maximum atomic E-state index is 11.3. The van der Waals surface area contributed by atoms with Gasteiger partial charge < -0.3 is 15.5 Å². The highest BCUT2D eigenvalue weighted by atomic mass is 16.5. The molecule has 7 heteroatoms. The van der Waals surface area contributed by atoms with Crippen LogP contribution in [-0.4, -0.2) is 34.0 Å². The number of rotatable bonds is 4. The van der Waals surface area contributed by atoms with Crippen molar-refractivity contribution < 1.29 is 25.0 Å². The van der Waals surface area contributed by atoms with Gasteiger partial charge in [-0.1, -0.05) is 12.1 Å². The summed E-state index contributed by atoms with van der Waals surface area (Å²) in [4.78, 5) is 21.5. The summed E-state index contributed by atoms with van der Waals surface area (Å²) in [5.74, 6) is -0.817. The number of carboxylic acid groups (broad SMARTS) is 1. The standard InChI is InChI=1S/C10H12N2O5/c13-6-7-2-1-3-8(4-7)12(17)9(14)5-11-10(15)16/h1-4,11,13,17H,5-6H2,(H,15,16). The Balaban J connectivity index is 2.70. The average molecular weight is 240 g/mol. The molecule has 0 aromatic heterocycles. The fourth-order valence-electron chi connectivity index (χ4n) is 1.16. The molecule has 0 spiro atoms. The molecular weight excluding hydrogens is 228 g/mol. The number of amides is 2. The number of carbonyl (C=O) groups excluding carboxylic acids is 1. The highest BCUT2D eigenvalue weighted by Gasteiger charge is 2.14. The first kappa shape index (κ1) is 12.9. The normalized spacial score (nSPS) is 9.76. The minimum absolute atomic E-state index is 0.161. The van der Waals surface area contributed by atoms with E-state index in [4.69, 9.17) is 10.2 Å². The van der Waals surface area contributed by atoms with Crippen molar-refractivity contribution in [2.75, 3.05) is 11.6 Å². The van der Waals surface area contributed by atoms with Crippen LogP contribution in [0.1, 0.15) is 5.56 Å². The second-order valence-electron chi connectivity index (χ2n) is 3.19. The molecule has 7 nitrogen and oxygen atoms in total. The van der Waals surface area contributed by atoms with E-state index in [1.165, 1.54) is 12.1 Å². The van der Waals surface area contributed by atoms with Crippen LogP contribution in [0.25, 0.3) is 0 Å². The Morgan fingerprint density at radius 3 is 2.65 bits per heavy atom. The third-order valence-electron chi connectivity index (χ3n) is 1.96. The largest absolute Gasteiger partial charge is 0.465 e. The predicted molar refractivity (Wildman–Crippen MR) is 57.7 cm³/mol. The molecule has 0 aliphatic carbocycles. The van der Waals surface area contributed by atoms with Gasteiger partial charge in [-0.2, -0.15) is 5.06 Å². The van der Waals surface area contributed by atoms with Crippen LogP contribution in [0.4, 0.5) is 10.5 Å². The SMILES string of the molecule is O=C(O)NCC(=O)N(O)c1cccc(CO)c1. The van der Waals surface area contributed by atoms with E-state index in [9.17, 15) is 14.8 Å². The number of hydrogen-bond donors (Lipinski definition) is 4. The van der Waals surface area contributed by atoms with Crippen LogP contribution in [0.2, 0.25) is 0 Å². The lowest BCUT2D eigenvalue weighted by Crippen LogP contribution is -2.38. The fraction of sp³-hybridized carbons (Fsp3) is 0.200. The lowest BCUT2D eigenvalue weighted by Gasteiger charge is -2.15. The van der Waals surface area contributed by atoms with Gasteiger partial charge in [-0.05, 0) is 17.7 Å². The molecular formula is C10H12N2O5. The summed E-state index contributed by atoms with van der Waals surface area (Å²) in [6.07, 6.45) is -1.35. The van der Waals surface area contributed by atoms with E-state index in [-0.39, 0.29) is 12.3 Å². The molecule has 92 valence electrons. The smallest absolute Gasteiger partial charge is 0.405 e. The van der Waals surface area contributed by atoms with Crippen LogP contribution in [0.5, 0.6) is 0 Å². The first-order valence-corrected chi connectivity index (χ1v) is 4.73. The Labute approximate surface area is 96.9 Å². The molecule has 1 aromatic carbocycles. The lowest BCUT2D eigenvalue weighted by atomic mass is 10.2. The van der Waals surface area contributed by atoms with Gasteiger partial charge in [0.05, 0.1) is 12.3 Å². The maximum Gasteiger partial charge on any atom is 0.405 e. The number of hydroxylamine groups is 1. The maximum absolute atomic E-state index is 11.3. The zero-order chi connectivity index (χ0) is 12.8. The van der Waals surface area contributed by atoms with E-state index in [0.29, 0.717) is 10.6 Å². The summed E-state index contributed by atoms with van der Waals surface area (Å²) in [7, 11) is 0. The first-order valence-electron chi connectivity index (χ1n) is 4.73. The second kappa shape index (κ2) is 5.83. The topological polar surface area (TPSA) is 110 Å². The van der Waals surface area contributed by atoms with Gasteiger partial charge in [0.2, 0.25) is 0 Å². The van der Waals surface area contributed by atoms with Gasteiger partial charge >= 0.3 is 6.09 Å². The summed E-state index contributed by atoms with van der Waals surface area (Å²) >= 11 is 0. The van der Waals surface area contributed by atoms with Crippen molar-refractivity contribution in [1.29, 1.82) is 0 Å². The van der Waals surface area contributed by atoms with E-state index in [2.05, 4.69) is 0 Å². The van der Waals surface area contributed by atoms with E-state index >= 15 is 0 Å². The molecule has 0 unspecified atom stereocenters. The molecule has 0 heterocycles. The molecule has 1 rings (SSSR count). The van der Waals surface area contributed by atoms with Crippen LogP contribution < -0.4 is 10.4 Å². The summed E-state index contributed by atoms with van der Waals surface area (Å²) in [6.45, 7) is -0.752. The van der Waals surface area contributed by atoms with Gasteiger partial charge in [0.1, 0.15) is 6.54 Å². The average Bonchev–Trinajstić information content (AvgIpc) is 2.35. The summed E-state index contributed by atoms with van der Waals surface area (Å²) in [6, 6.07) is 6.05. The van der Waals surface area contributed by atoms with Crippen molar-refractivity contribution in [3.05, 3.63) is 29.8 Å². The minimum atomic E-state index is -1.35. The van der Waals surface area contributed by atoms with Crippen molar-refractivity contribution in [1.82, 2.24) is 5.32 Å². The minimum Gasteiger partial charge on any atom is -0.465 e. The quantitative estimate of drug-likeness (QED) is 0.443. The number of benzene rings is 1. The molecule has 0 aliphatic rings. The Bertz CT molecular complexity index is 421. The zero-order valence-corrected chi connectivity index (χ0v) is 8.83. The van der Waals surface area contributed by atoms with E-state index < -0.39 is 18.5 Å². The van der Waals surface area contributed by atoms with Crippen LogP contribution in [-0.2, 0) is 11.4 Å². The third-order valence-corrected chi connectivity index (χ3v) is 1.96. The molecule has 0 atom stereocenters. The fourth-order valence-corrected chi connectivity index (χ4v) is 1.16. The van der Waals surface area contributed by atoms with Gasteiger partial charge in [-0.15, -0.1) is 0 Å². The van der Waals surface area contributed by atoms with Crippen LogP contribution in [0.15, 0.2) is 24.3 Å². The monoisotopic (exact) mass is 240 g/mol. The molecule has 0 fully saturated rings. The Morgan fingerprint density at radius 2 is 2.06 bits per heavy atom. The number of hydrogen-bond acceptors (Lipinski definition) is 4. The van der Waals surface area contributed by atoms with Crippen LogP contribution in [0, 0.1) is 0 Å². The van der Waals surface area contributed by atoms with E-state index in [1.807, 2.05) is 5.32 Å². The number of anilines is 1. The summed E-state index contributed by atoms with van der Waals surface area (Å²) in [5, 5.41) is 28.8. The molecule has 0 radical (unpaired) electrons. The number of nitrogens with zero attached hydrogens (tertiary/aromatic N) is 1. The van der Waals surface area contributed by atoms with Crippen molar-refractivity contribution in [2.24, 2.45) is 0 Å². The molecule has 0 bridgehead atoms. The van der Waals surface area contributed by atoms with E-state index in [1.54, 1.807) is 12.1 Å². The number of aliphatic hydroxyl groups is 1. The number of carbonyl (C=O) groups is 2. The Morgan fingerprint density at radius 1 is 1.35 bits per heavy atom. The molecule has 0 aliphatic heterocycles. The molecule has 17 heavy (non-hydrogen) atoms. The van der Waals surface area contributed by atoms with Gasteiger partial charge in [0, 0.05) is 0 Å². The van der Waals surface area contributed by atoms with Gasteiger partial charge in [0.25, 0.3) is 5.91 Å². The molecule has 2 amide bonds. The highest BCUT2D eigenvalue weighted by molar-refractivity contribution is 5.93. The summed E-state index contributed by atoms with van der Waals surface area (Å²) in [5.41, 5.74) is 0.689. The van der Waals surface area contributed by atoms with E-state index in [0.717, 1.165) is 0 Å². The zero-order valence-electron chi connectivity index (χ0n) is 8.83. The van der Waals surface area contributed by atoms with Crippen LogP contribution >= 0.6 is 0 Å². The molecule has 1 aromatic rings. The van der Waals surface area contributed by atoms with Crippen molar-refractivity contribution >= 4 is 17.7 Å². The molecule has 4 N–H and O–H groups in total. The van der Waals surface area contributed by atoms with Crippen LogP contribution in [0.3, 0.4) is 0 Å². The Kier molecular flexibility index (Phi) is 4.44. The van der Waals surface area contributed by atoms with Gasteiger partial charge in [-0.25, -0.2) is 4.79 Å².